The summed E-state index contributed by atoms with van der Waals surface area (Å²) in [4.78, 5) is 50.1. The highest BCUT2D eigenvalue weighted by Crippen LogP contribution is 2.41. The number of nitrogens with zero attached hydrogens (tertiary/aromatic N) is 1. The Morgan fingerprint density at radius 2 is 1.71 bits per heavy atom. The van der Waals surface area contributed by atoms with Crippen molar-refractivity contribution in [3.63, 3.8) is 0 Å². The summed E-state index contributed by atoms with van der Waals surface area (Å²) in [5.41, 5.74) is 1.44. The molecule has 0 amide bonds. The smallest absolute Gasteiger partial charge is 0.336 e. The Morgan fingerprint density at radius 3 is 2.34 bits per heavy atom. The van der Waals surface area contributed by atoms with E-state index in [4.69, 9.17) is 9.47 Å². The van der Waals surface area contributed by atoms with E-state index in [1.165, 1.54) is 50.3 Å². The average Bonchev–Trinajstić information content (AvgIpc) is 2.91. The Labute approximate surface area is 227 Å². The first-order chi connectivity index (χ1) is 18.3. The molecule has 1 aliphatic heterocycles. The number of benzene rings is 1. The van der Waals surface area contributed by atoms with Gasteiger partial charge in [0.05, 0.1) is 35.2 Å². The number of carbonyl (C=O) groups excluding carboxylic acids is 3. The third-order valence-corrected chi connectivity index (χ3v) is 7.87. The summed E-state index contributed by atoms with van der Waals surface area (Å²) in [6.45, 7) is 5.26. The van der Waals surface area contributed by atoms with Gasteiger partial charge in [-0.05, 0) is 38.7 Å². The van der Waals surface area contributed by atoms with Gasteiger partial charge in [0.25, 0.3) is 5.69 Å². The van der Waals surface area contributed by atoms with E-state index in [2.05, 4.69) is 5.32 Å². The molecule has 1 N–H and O–H groups in total. The van der Waals surface area contributed by atoms with E-state index < -0.39 is 22.8 Å². The van der Waals surface area contributed by atoms with Crippen LogP contribution in [0.2, 0.25) is 0 Å². The third-order valence-electron chi connectivity index (χ3n) is 6.91. The normalized spacial score (nSPS) is 18.1. The van der Waals surface area contributed by atoms with Gasteiger partial charge in [0.1, 0.15) is 0 Å². The minimum atomic E-state index is -0.956. The molecule has 1 aromatic rings. The number of nitro groups is 1. The number of ether oxygens (including phenoxy) is 2. The molecule has 1 heterocycles. The molecule has 3 rings (SSSR count). The van der Waals surface area contributed by atoms with E-state index in [1.807, 2.05) is 0 Å². The fraction of sp³-hybridized carbons (Fsp3) is 0.536. The largest absolute Gasteiger partial charge is 0.463 e. The number of rotatable bonds is 11. The average molecular weight is 545 g/mol. The number of carbonyl (C=O) groups is 3. The number of nitro benzene ring substituents is 1. The molecular weight excluding hydrogens is 508 g/mol. The van der Waals surface area contributed by atoms with Crippen LogP contribution >= 0.6 is 11.8 Å². The monoisotopic (exact) mass is 544 g/mol. The Hall–Kier alpha value is -3.14. The lowest BCUT2D eigenvalue weighted by atomic mass is 9.80. The summed E-state index contributed by atoms with van der Waals surface area (Å²) in [7, 11) is 0. The van der Waals surface area contributed by atoms with Gasteiger partial charge in [0.2, 0.25) is 0 Å². The van der Waals surface area contributed by atoms with Crippen LogP contribution in [0.3, 0.4) is 0 Å². The van der Waals surface area contributed by atoms with E-state index in [1.54, 1.807) is 26.8 Å². The van der Waals surface area contributed by atoms with Crippen molar-refractivity contribution in [1.82, 2.24) is 5.32 Å². The molecule has 206 valence electrons. The molecule has 0 bridgehead atoms. The van der Waals surface area contributed by atoms with Gasteiger partial charge >= 0.3 is 11.9 Å². The second kappa shape index (κ2) is 14.1. The van der Waals surface area contributed by atoms with Crippen LogP contribution < -0.4 is 5.32 Å². The maximum absolute atomic E-state index is 13.3. The fourth-order valence-electron chi connectivity index (χ4n) is 5.11. The summed E-state index contributed by atoms with van der Waals surface area (Å²) in [6, 6.07) is 5.84. The number of non-ortho nitro benzene ring substituents is 1. The summed E-state index contributed by atoms with van der Waals surface area (Å²) < 4.78 is 10.6. The summed E-state index contributed by atoms with van der Waals surface area (Å²) in [6.07, 6.45) is 7.38. The zero-order chi connectivity index (χ0) is 27.7. The number of dihydropyridines is 1. The second-order valence-electron chi connectivity index (χ2n) is 9.49. The minimum absolute atomic E-state index is 0.0396. The number of hydrogen-bond acceptors (Lipinski definition) is 9. The molecule has 38 heavy (non-hydrogen) atoms. The van der Waals surface area contributed by atoms with Crippen molar-refractivity contribution in [2.45, 2.75) is 71.6 Å². The predicted molar refractivity (Wildman–Crippen MR) is 145 cm³/mol. The van der Waals surface area contributed by atoms with E-state index in [0.717, 1.165) is 18.2 Å². The number of hydrogen-bond donors (Lipinski definition) is 1. The van der Waals surface area contributed by atoms with Crippen molar-refractivity contribution >= 4 is 34.5 Å². The highest BCUT2D eigenvalue weighted by Gasteiger charge is 2.39. The van der Waals surface area contributed by atoms with Crippen molar-refractivity contribution in [2.24, 2.45) is 5.92 Å². The SMILES string of the molecule is CCOC(=O)C1=C(C)NC(CSC(=O)CCC2CCCCC2)=C(C(=O)OCC)C1c1cccc([N+](=O)[O-])c1. The van der Waals surface area contributed by atoms with Crippen molar-refractivity contribution in [2.75, 3.05) is 19.0 Å². The van der Waals surface area contributed by atoms with Gasteiger partial charge in [0.15, 0.2) is 5.12 Å². The van der Waals surface area contributed by atoms with Gasteiger partial charge in [-0.1, -0.05) is 56.0 Å². The van der Waals surface area contributed by atoms with Crippen molar-refractivity contribution in [1.29, 1.82) is 0 Å². The minimum Gasteiger partial charge on any atom is -0.463 e. The molecule has 9 nitrogen and oxygen atoms in total. The van der Waals surface area contributed by atoms with Crippen LogP contribution in [0, 0.1) is 16.0 Å². The lowest BCUT2D eigenvalue weighted by molar-refractivity contribution is -0.384. The number of allylic oxidation sites excluding steroid dienone is 1. The molecule has 2 aliphatic rings. The maximum Gasteiger partial charge on any atom is 0.336 e. The van der Waals surface area contributed by atoms with Crippen molar-refractivity contribution in [3.8, 4) is 0 Å². The van der Waals surface area contributed by atoms with Crippen LogP contribution in [0.4, 0.5) is 5.69 Å². The lowest BCUT2D eigenvalue weighted by Crippen LogP contribution is -2.34. The molecule has 0 saturated heterocycles. The van der Waals surface area contributed by atoms with Gasteiger partial charge in [0, 0.05) is 35.7 Å². The third kappa shape index (κ3) is 7.46. The molecule has 0 aromatic heterocycles. The summed E-state index contributed by atoms with van der Waals surface area (Å²) >= 11 is 1.12. The molecule has 1 unspecified atom stereocenters. The Morgan fingerprint density at radius 1 is 1.05 bits per heavy atom. The Balaban J connectivity index is 1.96. The molecule has 1 atom stereocenters. The van der Waals surface area contributed by atoms with Crippen LogP contribution in [-0.4, -0.2) is 40.9 Å². The Kier molecular flexibility index (Phi) is 10.9. The predicted octanol–water partition coefficient (Wildman–Crippen LogP) is 5.56. The van der Waals surface area contributed by atoms with Gasteiger partial charge < -0.3 is 14.8 Å². The molecule has 10 heteroatoms. The number of esters is 2. The van der Waals surface area contributed by atoms with E-state index in [9.17, 15) is 24.5 Å². The van der Waals surface area contributed by atoms with Crippen LogP contribution in [0.25, 0.3) is 0 Å². The first kappa shape index (κ1) is 29.4. The van der Waals surface area contributed by atoms with Crippen LogP contribution in [0.15, 0.2) is 46.8 Å². The molecule has 0 radical (unpaired) electrons. The lowest BCUT2D eigenvalue weighted by Gasteiger charge is -2.31. The van der Waals surface area contributed by atoms with Gasteiger partial charge in [-0.25, -0.2) is 9.59 Å². The first-order valence-corrected chi connectivity index (χ1v) is 14.2. The van der Waals surface area contributed by atoms with E-state index >= 15 is 0 Å². The van der Waals surface area contributed by atoms with Crippen LogP contribution in [0.1, 0.15) is 77.2 Å². The summed E-state index contributed by atoms with van der Waals surface area (Å²) in [5.74, 6) is -1.48. The summed E-state index contributed by atoms with van der Waals surface area (Å²) in [5, 5.41) is 14.7. The zero-order valence-corrected chi connectivity index (χ0v) is 23.1. The molecule has 1 aromatic carbocycles. The highest BCUT2D eigenvalue weighted by molar-refractivity contribution is 8.13. The molecular formula is C28H36N2O7S. The van der Waals surface area contributed by atoms with Crippen LogP contribution in [-0.2, 0) is 23.9 Å². The van der Waals surface area contributed by atoms with Crippen LogP contribution in [0.5, 0.6) is 0 Å². The molecule has 1 saturated carbocycles. The van der Waals surface area contributed by atoms with Gasteiger partial charge in [-0.3, -0.25) is 14.9 Å². The van der Waals surface area contributed by atoms with E-state index in [-0.39, 0.29) is 40.9 Å². The quantitative estimate of drug-likeness (QED) is 0.217. The standard InChI is InChI=1S/C28H36N2O7S/c1-4-36-27(32)24-18(3)29-22(17-38-23(31)15-14-19-10-7-6-8-11-19)26(28(33)37-5-2)25(24)20-12-9-13-21(16-20)30(34)35/h9,12-13,16,19,25,29H,4-8,10-11,14-15,17H2,1-3H3. The molecule has 1 aliphatic carbocycles. The topological polar surface area (TPSA) is 125 Å². The first-order valence-electron chi connectivity index (χ1n) is 13.2. The second-order valence-corrected chi connectivity index (χ2v) is 10.5. The van der Waals surface area contributed by atoms with E-state index in [0.29, 0.717) is 29.3 Å². The van der Waals surface area contributed by atoms with Crippen molar-refractivity contribution in [3.05, 3.63) is 62.5 Å². The maximum atomic E-state index is 13.3. The number of thioether (sulfide) groups is 1. The number of nitrogens with one attached hydrogen (secondary N) is 1. The molecule has 1 fully saturated rings. The highest BCUT2D eigenvalue weighted by atomic mass is 32.2. The van der Waals surface area contributed by atoms with Gasteiger partial charge in [-0.15, -0.1) is 0 Å². The van der Waals surface area contributed by atoms with Crippen molar-refractivity contribution < 1.29 is 28.8 Å². The van der Waals surface area contributed by atoms with Gasteiger partial charge in [-0.2, -0.15) is 0 Å². The Bertz CT molecular complexity index is 1120. The molecule has 0 spiro atoms. The zero-order valence-electron chi connectivity index (χ0n) is 22.2. The fourth-order valence-corrected chi connectivity index (χ4v) is 5.91.